The van der Waals surface area contributed by atoms with Gasteiger partial charge in [0.2, 0.25) is 0 Å². The van der Waals surface area contributed by atoms with Crippen molar-refractivity contribution in [1.82, 2.24) is 24.6 Å². The smallest absolute Gasteiger partial charge is 0.274 e. The molecule has 1 aliphatic carbocycles. The Morgan fingerprint density at radius 2 is 1.97 bits per heavy atom. The lowest BCUT2D eigenvalue weighted by atomic mass is 10.0. The predicted octanol–water partition coefficient (Wildman–Crippen LogP) is 4.53. The molecule has 4 aromatic rings. The number of carbonyl (C=O) groups excluding carboxylic acids is 2. The number of fused-ring (bicyclic) bond motifs is 2. The fourth-order valence-corrected chi connectivity index (χ4v) is 7.45. The van der Waals surface area contributed by atoms with Crippen LogP contribution in [0, 0.1) is 19.8 Å². The van der Waals surface area contributed by atoms with Crippen LogP contribution in [0.25, 0.3) is 15.4 Å². The van der Waals surface area contributed by atoms with Crippen LogP contribution in [0.1, 0.15) is 57.9 Å². The molecule has 1 saturated carbocycles. The van der Waals surface area contributed by atoms with Crippen molar-refractivity contribution < 1.29 is 9.59 Å². The van der Waals surface area contributed by atoms with Crippen LogP contribution >= 0.6 is 22.7 Å². The number of nitrogens with one attached hydrogen (secondary N) is 1. The van der Waals surface area contributed by atoms with E-state index in [1.54, 1.807) is 0 Å². The molecule has 10 heteroatoms. The highest BCUT2D eigenvalue weighted by Crippen LogP contribution is 2.43. The summed E-state index contributed by atoms with van der Waals surface area (Å²) in [5.74, 6) is 0.198. The molecule has 1 aromatic carbocycles. The van der Waals surface area contributed by atoms with Gasteiger partial charge in [-0.05, 0) is 44.6 Å². The van der Waals surface area contributed by atoms with Crippen molar-refractivity contribution in [2.75, 3.05) is 12.3 Å². The summed E-state index contributed by atoms with van der Waals surface area (Å²) in [6.07, 6.45) is 5.96. The molecule has 2 aliphatic rings. The van der Waals surface area contributed by atoms with Crippen LogP contribution in [0.3, 0.4) is 0 Å². The first-order chi connectivity index (χ1) is 17.4. The second kappa shape index (κ2) is 9.01. The molecule has 36 heavy (non-hydrogen) atoms. The number of nitrogens with zero attached hydrogens (tertiary/aromatic N) is 4. The van der Waals surface area contributed by atoms with Crippen molar-refractivity contribution >= 4 is 44.6 Å². The van der Waals surface area contributed by atoms with Gasteiger partial charge in [-0.2, -0.15) is 0 Å². The van der Waals surface area contributed by atoms with Gasteiger partial charge >= 0.3 is 0 Å². The van der Waals surface area contributed by atoms with E-state index in [1.807, 2.05) is 59.0 Å². The number of nitrogen functional groups attached to an aromatic ring is 1. The number of aromatic nitrogens is 3. The van der Waals surface area contributed by atoms with Crippen molar-refractivity contribution in [2.45, 2.75) is 51.6 Å². The molecule has 3 aromatic heterocycles. The molecule has 8 nitrogen and oxygen atoms in total. The summed E-state index contributed by atoms with van der Waals surface area (Å²) in [4.78, 5) is 39.8. The fraction of sp³-hybridized carbons (Fsp3) is 0.385. The van der Waals surface area contributed by atoms with Crippen molar-refractivity contribution in [1.29, 1.82) is 0 Å². The number of thiazole rings is 2. The fourth-order valence-electron chi connectivity index (χ4n) is 5.86. The molecule has 0 bridgehead atoms. The molecule has 0 radical (unpaired) electrons. The van der Waals surface area contributed by atoms with Crippen LogP contribution in [0.5, 0.6) is 0 Å². The maximum absolute atomic E-state index is 14.0. The maximum Gasteiger partial charge on any atom is 0.274 e. The summed E-state index contributed by atoms with van der Waals surface area (Å²) >= 11 is 2.85. The van der Waals surface area contributed by atoms with Crippen molar-refractivity contribution in [3.8, 4) is 10.4 Å². The number of benzene rings is 1. The molecule has 3 atom stereocenters. The summed E-state index contributed by atoms with van der Waals surface area (Å²) in [6.45, 7) is 4.28. The van der Waals surface area contributed by atoms with E-state index in [1.165, 1.54) is 22.7 Å². The minimum atomic E-state index is -0.166. The van der Waals surface area contributed by atoms with E-state index in [0.717, 1.165) is 46.6 Å². The second-order valence-electron chi connectivity index (χ2n) is 9.77. The third-order valence-corrected chi connectivity index (χ3v) is 9.18. The van der Waals surface area contributed by atoms with E-state index < -0.39 is 0 Å². The number of anilines is 1. The molecule has 2 amide bonds. The quantitative estimate of drug-likeness (QED) is 0.402. The first-order valence-corrected chi connectivity index (χ1v) is 14.0. The lowest BCUT2D eigenvalue weighted by Gasteiger charge is -2.30. The number of aryl methyl sites for hydroxylation is 2. The molecule has 4 heterocycles. The van der Waals surface area contributed by atoms with Gasteiger partial charge in [0.05, 0.1) is 16.6 Å². The number of carbonyl (C=O) groups is 2. The maximum atomic E-state index is 14.0. The van der Waals surface area contributed by atoms with Gasteiger partial charge in [0.25, 0.3) is 11.8 Å². The first-order valence-electron chi connectivity index (χ1n) is 12.3. The number of hydrogen-bond donors (Lipinski definition) is 2. The molecule has 3 N–H and O–H groups in total. The lowest BCUT2D eigenvalue weighted by molar-refractivity contribution is 0.0645. The summed E-state index contributed by atoms with van der Waals surface area (Å²) in [5.41, 5.74) is 9.87. The van der Waals surface area contributed by atoms with Crippen molar-refractivity contribution in [3.05, 3.63) is 58.5 Å². The lowest BCUT2D eigenvalue weighted by Crippen LogP contribution is -2.47. The summed E-state index contributed by atoms with van der Waals surface area (Å²) in [6, 6.07) is 8.18. The number of nitrogens with two attached hydrogens (primary N) is 1. The van der Waals surface area contributed by atoms with Crippen LogP contribution < -0.4 is 11.1 Å². The third-order valence-electron chi connectivity index (χ3n) is 7.49. The Morgan fingerprint density at radius 3 is 2.78 bits per heavy atom. The monoisotopic (exact) mass is 520 g/mol. The number of imidazole rings is 1. The SMILES string of the molecule is Cc1ccc(-c2sc(N)nc2C(=O)N2[C@H](CNC(=O)c3c(C)nc4sccn34)C[C@@H]3CCC[C@@H]32)cc1. The van der Waals surface area contributed by atoms with Crippen molar-refractivity contribution in [3.63, 3.8) is 0 Å². The summed E-state index contributed by atoms with van der Waals surface area (Å²) in [5, 5.41) is 5.41. The molecule has 1 aliphatic heterocycles. The highest BCUT2D eigenvalue weighted by molar-refractivity contribution is 7.19. The average Bonchev–Trinajstić information content (AvgIpc) is 3.64. The Kier molecular flexibility index (Phi) is 5.80. The molecular formula is C26H28N6O2S2. The van der Waals surface area contributed by atoms with Crippen molar-refractivity contribution in [2.24, 2.45) is 5.92 Å². The van der Waals surface area contributed by atoms with E-state index in [4.69, 9.17) is 5.73 Å². The van der Waals surface area contributed by atoms with E-state index >= 15 is 0 Å². The molecular weight excluding hydrogens is 492 g/mol. The zero-order chi connectivity index (χ0) is 25.0. The van der Waals surface area contributed by atoms with Gasteiger partial charge in [0.1, 0.15) is 11.4 Å². The number of hydrogen-bond acceptors (Lipinski definition) is 7. The number of likely N-dealkylation sites (tertiary alicyclic amines) is 1. The van der Waals surface area contributed by atoms with Gasteiger partial charge in [-0.25, -0.2) is 9.97 Å². The van der Waals surface area contributed by atoms with E-state index in [0.29, 0.717) is 34.7 Å². The molecule has 186 valence electrons. The highest BCUT2D eigenvalue weighted by atomic mass is 32.1. The van der Waals surface area contributed by atoms with Crippen LogP contribution in [-0.2, 0) is 0 Å². The Bertz CT molecular complexity index is 1450. The second-order valence-corrected chi connectivity index (χ2v) is 11.7. The standard InChI is InChI=1S/C26H28N6O2S2/c1-14-6-8-16(9-7-14)22-20(30-25(27)36-22)24(34)32-18(12-17-4-3-5-19(17)32)13-28-23(33)21-15(2)29-26-31(21)10-11-35-26/h6-11,17-19H,3-5,12-13H2,1-2H3,(H2,27,30)(H,28,33)/t17-,18-,19-/m0/s1. The van der Waals surface area contributed by atoms with E-state index in [-0.39, 0.29) is 23.9 Å². The Morgan fingerprint density at radius 1 is 1.17 bits per heavy atom. The normalized spacial score (nSPS) is 21.3. The minimum absolute atomic E-state index is 0.0864. The molecule has 0 unspecified atom stereocenters. The van der Waals surface area contributed by atoms with Gasteiger partial charge in [-0.15, -0.1) is 11.3 Å². The zero-order valence-electron chi connectivity index (χ0n) is 20.2. The molecule has 1 saturated heterocycles. The Balaban J connectivity index is 1.27. The number of rotatable bonds is 5. The van der Waals surface area contributed by atoms with Crippen LogP contribution in [0.4, 0.5) is 5.13 Å². The van der Waals surface area contributed by atoms with Crippen LogP contribution in [0.15, 0.2) is 35.8 Å². The first kappa shape index (κ1) is 23.2. The minimum Gasteiger partial charge on any atom is -0.375 e. The molecule has 0 spiro atoms. The van der Waals surface area contributed by atoms with Gasteiger partial charge in [0.15, 0.2) is 10.1 Å². The number of amides is 2. The van der Waals surface area contributed by atoms with E-state index in [2.05, 4.69) is 15.3 Å². The van der Waals surface area contributed by atoms with Gasteiger partial charge in [0, 0.05) is 24.2 Å². The topological polar surface area (TPSA) is 106 Å². The molecule has 2 fully saturated rings. The highest BCUT2D eigenvalue weighted by Gasteiger charge is 2.47. The van der Waals surface area contributed by atoms with Crippen LogP contribution in [0.2, 0.25) is 0 Å². The van der Waals surface area contributed by atoms with Gasteiger partial charge in [-0.1, -0.05) is 47.6 Å². The Labute approximate surface area is 217 Å². The Hall–Kier alpha value is -3.24. The largest absolute Gasteiger partial charge is 0.375 e. The van der Waals surface area contributed by atoms with Gasteiger partial charge < -0.3 is 16.0 Å². The van der Waals surface area contributed by atoms with Crippen LogP contribution in [-0.4, -0.2) is 49.7 Å². The van der Waals surface area contributed by atoms with Gasteiger partial charge in [-0.3, -0.25) is 14.0 Å². The summed E-state index contributed by atoms with van der Waals surface area (Å²) in [7, 11) is 0. The summed E-state index contributed by atoms with van der Waals surface area (Å²) < 4.78 is 1.83. The average molecular weight is 521 g/mol. The molecule has 6 rings (SSSR count). The predicted molar refractivity (Wildman–Crippen MR) is 143 cm³/mol. The van der Waals surface area contributed by atoms with E-state index in [9.17, 15) is 9.59 Å². The third kappa shape index (κ3) is 3.88. The zero-order valence-corrected chi connectivity index (χ0v) is 21.9.